The average Bonchev–Trinajstić information content (AvgIpc) is 3.33. The van der Waals surface area contributed by atoms with Gasteiger partial charge in [-0.1, -0.05) is 30.3 Å². The number of amidine groups is 1. The molecule has 0 spiro atoms. The maximum absolute atomic E-state index is 13.2. The SMILES string of the molecule is [C-]#[N+]c1ccnc(NC2=NCC3=C2CN(C(=O)NC2C[C@@H]2c2ccccc2)C3(C)C)c1. The summed E-state index contributed by atoms with van der Waals surface area (Å²) in [6.07, 6.45) is 2.59. The molecule has 1 aliphatic carbocycles. The Balaban J connectivity index is 1.27. The molecule has 156 valence electrons. The van der Waals surface area contributed by atoms with Crippen LogP contribution in [0.15, 0.2) is 64.8 Å². The summed E-state index contributed by atoms with van der Waals surface area (Å²) in [5.41, 5.74) is 3.60. The molecule has 3 aliphatic rings. The van der Waals surface area contributed by atoms with Gasteiger partial charge in [-0.05, 0) is 43.5 Å². The highest BCUT2D eigenvalue weighted by molar-refractivity contribution is 6.11. The number of amides is 2. The van der Waals surface area contributed by atoms with Crippen LogP contribution in [0.25, 0.3) is 4.85 Å². The van der Waals surface area contributed by atoms with Crippen molar-refractivity contribution in [3.63, 3.8) is 0 Å². The number of hydrogen-bond acceptors (Lipinski definition) is 4. The van der Waals surface area contributed by atoms with E-state index in [9.17, 15) is 4.79 Å². The molecule has 1 aromatic heterocycles. The van der Waals surface area contributed by atoms with Gasteiger partial charge < -0.3 is 15.5 Å². The van der Waals surface area contributed by atoms with Crippen molar-refractivity contribution in [1.29, 1.82) is 0 Å². The molecule has 1 saturated carbocycles. The molecule has 1 aromatic carbocycles. The quantitative estimate of drug-likeness (QED) is 0.745. The topological polar surface area (TPSA) is 74.0 Å². The lowest BCUT2D eigenvalue weighted by atomic mass is 9.94. The zero-order chi connectivity index (χ0) is 21.6. The average molecular weight is 412 g/mol. The Morgan fingerprint density at radius 1 is 1.26 bits per heavy atom. The van der Waals surface area contributed by atoms with E-state index in [4.69, 9.17) is 6.57 Å². The lowest BCUT2D eigenvalue weighted by Gasteiger charge is -2.34. The second kappa shape index (κ2) is 7.24. The molecule has 7 nitrogen and oxygen atoms in total. The van der Waals surface area contributed by atoms with E-state index in [2.05, 4.69) is 51.4 Å². The van der Waals surface area contributed by atoms with E-state index in [1.54, 1.807) is 18.3 Å². The van der Waals surface area contributed by atoms with Crippen molar-refractivity contribution in [2.24, 2.45) is 4.99 Å². The lowest BCUT2D eigenvalue weighted by molar-refractivity contribution is 0.170. The highest BCUT2D eigenvalue weighted by atomic mass is 16.2. The minimum atomic E-state index is -0.407. The Morgan fingerprint density at radius 3 is 2.84 bits per heavy atom. The van der Waals surface area contributed by atoms with Crippen molar-refractivity contribution in [3.05, 3.63) is 76.8 Å². The first kappa shape index (κ1) is 19.3. The monoisotopic (exact) mass is 412 g/mol. The molecule has 1 fully saturated rings. The van der Waals surface area contributed by atoms with Crippen LogP contribution >= 0.6 is 0 Å². The van der Waals surface area contributed by atoms with Gasteiger partial charge in [0.15, 0.2) is 5.69 Å². The fourth-order valence-corrected chi connectivity index (χ4v) is 4.52. The number of pyridine rings is 1. The zero-order valence-electron chi connectivity index (χ0n) is 17.6. The molecule has 2 aliphatic heterocycles. The molecule has 0 radical (unpaired) electrons. The Morgan fingerprint density at radius 2 is 2.06 bits per heavy atom. The molecule has 7 heteroatoms. The van der Waals surface area contributed by atoms with Gasteiger partial charge in [-0.25, -0.2) is 14.6 Å². The van der Waals surface area contributed by atoms with Crippen LogP contribution in [-0.4, -0.2) is 46.4 Å². The van der Waals surface area contributed by atoms with Gasteiger partial charge in [0.25, 0.3) is 0 Å². The number of urea groups is 1. The van der Waals surface area contributed by atoms with Gasteiger partial charge in [0.05, 0.1) is 25.2 Å². The van der Waals surface area contributed by atoms with E-state index in [1.165, 1.54) is 5.56 Å². The standard InChI is InChI=1S/C24H24N6O/c1-24(2)19-13-27-22(29-21-11-16(25-3)9-10-26-21)18(19)14-30(24)23(31)28-20-12-17(20)15-7-5-4-6-8-15/h4-11,17,20H,12-14H2,1-2H3,(H,28,31)(H,26,27,29)/t17-,20?/m1/s1. The third kappa shape index (κ3) is 3.44. The lowest BCUT2D eigenvalue weighted by Crippen LogP contribution is -2.51. The smallest absolute Gasteiger partial charge is 0.318 e. The normalized spacial score (nSPS) is 23.1. The van der Waals surface area contributed by atoms with Gasteiger partial charge in [-0.2, -0.15) is 0 Å². The Labute approximate surface area is 181 Å². The van der Waals surface area contributed by atoms with Crippen LogP contribution in [0.2, 0.25) is 0 Å². The number of anilines is 1. The number of aliphatic imine (C=N–C) groups is 1. The molecular formula is C24H24N6O. The first-order valence-electron chi connectivity index (χ1n) is 10.5. The third-order valence-electron chi connectivity index (χ3n) is 6.47. The minimum absolute atomic E-state index is 0.0321. The Hall–Kier alpha value is -3.66. The van der Waals surface area contributed by atoms with Crippen molar-refractivity contribution in [3.8, 4) is 0 Å². The first-order chi connectivity index (χ1) is 15.0. The number of rotatable bonds is 3. The Bertz CT molecular complexity index is 1140. The summed E-state index contributed by atoms with van der Waals surface area (Å²) in [5.74, 6) is 1.72. The van der Waals surface area contributed by atoms with E-state index < -0.39 is 5.54 Å². The van der Waals surface area contributed by atoms with Gasteiger partial charge in [-0.3, -0.25) is 4.99 Å². The molecule has 2 amide bonds. The summed E-state index contributed by atoms with van der Waals surface area (Å²) in [4.78, 5) is 27.4. The predicted molar refractivity (Wildman–Crippen MR) is 120 cm³/mol. The van der Waals surface area contributed by atoms with Crippen molar-refractivity contribution in [2.75, 3.05) is 18.4 Å². The van der Waals surface area contributed by atoms with Crippen LogP contribution in [-0.2, 0) is 0 Å². The van der Waals surface area contributed by atoms with Gasteiger partial charge in [-0.15, -0.1) is 0 Å². The molecule has 0 saturated heterocycles. The number of nitrogens with one attached hydrogen (secondary N) is 2. The van der Waals surface area contributed by atoms with E-state index in [-0.39, 0.29) is 12.1 Å². The second-order valence-corrected chi connectivity index (χ2v) is 8.71. The van der Waals surface area contributed by atoms with Crippen LogP contribution in [0, 0.1) is 6.57 Å². The predicted octanol–water partition coefficient (Wildman–Crippen LogP) is 4.11. The van der Waals surface area contributed by atoms with Gasteiger partial charge in [0, 0.05) is 23.7 Å². The molecule has 2 N–H and O–H groups in total. The van der Waals surface area contributed by atoms with Crippen molar-refractivity contribution in [1.82, 2.24) is 15.2 Å². The molecule has 0 bridgehead atoms. The van der Waals surface area contributed by atoms with Gasteiger partial charge in [0.1, 0.15) is 11.7 Å². The summed E-state index contributed by atoms with van der Waals surface area (Å²) < 4.78 is 0. The summed E-state index contributed by atoms with van der Waals surface area (Å²) in [5, 5.41) is 6.47. The van der Waals surface area contributed by atoms with Crippen molar-refractivity contribution >= 4 is 23.4 Å². The third-order valence-corrected chi connectivity index (χ3v) is 6.47. The van der Waals surface area contributed by atoms with Crippen LogP contribution in [0.1, 0.15) is 31.7 Å². The summed E-state index contributed by atoms with van der Waals surface area (Å²) in [6.45, 7) is 12.4. The number of aromatic nitrogens is 1. The van der Waals surface area contributed by atoms with Gasteiger partial charge in [0.2, 0.25) is 0 Å². The van der Waals surface area contributed by atoms with Crippen LogP contribution < -0.4 is 10.6 Å². The van der Waals surface area contributed by atoms with E-state index >= 15 is 0 Å². The highest BCUT2D eigenvalue weighted by Gasteiger charge is 2.47. The largest absolute Gasteiger partial charge is 0.335 e. The molecule has 3 heterocycles. The van der Waals surface area contributed by atoms with E-state index in [0.29, 0.717) is 30.5 Å². The summed E-state index contributed by atoms with van der Waals surface area (Å²) in [6, 6.07) is 13.9. The fraction of sp³-hybridized carbons (Fsp3) is 0.333. The minimum Gasteiger partial charge on any atom is -0.335 e. The highest BCUT2D eigenvalue weighted by Crippen LogP contribution is 2.42. The van der Waals surface area contributed by atoms with Crippen molar-refractivity contribution < 1.29 is 4.79 Å². The number of benzene rings is 1. The van der Waals surface area contributed by atoms with Crippen LogP contribution in [0.5, 0.6) is 0 Å². The molecule has 2 aromatic rings. The van der Waals surface area contributed by atoms with Crippen LogP contribution in [0.4, 0.5) is 16.3 Å². The second-order valence-electron chi connectivity index (χ2n) is 8.71. The summed E-state index contributed by atoms with van der Waals surface area (Å²) in [7, 11) is 0. The number of nitrogens with zero attached hydrogens (tertiary/aromatic N) is 4. The molecule has 31 heavy (non-hydrogen) atoms. The molecular weight excluding hydrogens is 388 g/mol. The molecule has 5 rings (SSSR count). The maximum Gasteiger partial charge on any atom is 0.318 e. The maximum atomic E-state index is 13.2. The van der Waals surface area contributed by atoms with Gasteiger partial charge >= 0.3 is 6.03 Å². The van der Waals surface area contributed by atoms with E-state index in [0.717, 1.165) is 23.4 Å². The zero-order valence-corrected chi connectivity index (χ0v) is 17.6. The van der Waals surface area contributed by atoms with Crippen molar-refractivity contribution in [2.45, 2.75) is 37.8 Å². The molecule has 2 atom stereocenters. The number of hydrogen-bond donors (Lipinski definition) is 2. The van der Waals surface area contributed by atoms with Crippen LogP contribution in [0.3, 0.4) is 0 Å². The number of carbonyl (C=O) groups excluding carboxylic acids is 1. The first-order valence-corrected chi connectivity index (χ1v) is 10.5. The fourth-order valence-electron chi connectivity index (χ4n) is 4.52. The number of carbonyl (C=O) groups is 1. The van der Waals surface area contributed by atoms with E-state index in [1.807, 2.05) is 23.1 Å². The Kier molecular flexibility index (Phi) is 4.51. The molecule has 1 unspecified atom stereocenters. The summed E-state index contributed by atoms with van der Waals surface area (Å²) >= 11 is 0.